The number of hydrogen-bond donors (Lipinski definition) is 0. The number of Topliss-reactive ketones (excluding diaryl/α,β-unsaturated/α-hetero) is 4. The summed E-state index contributed by atoms with van der Waals surface area (Å²) in [4.78, 5) is 58.1. The zero-order valence-electron chi connectivity index (χ0n) is 33.4. The zero-order chi connectivity index (χ0) is 43.0. The van der Waals surface area contributed by atoms with Gasteiger partial charge in [0, 0.05) is 64.4 Å². The molecule has 2 atom stereocenters. The maximum Gasteiger partial charge on any atom is 0.197 e. The van der Waals surface area contributed by atoms with E-state index in [4.69, 9.17) is 0 Å². The highest BCUT2D eigenvalue weighted by atomic mass is 32.1. The molecule has 302 valence electrons. The molecule has 0 N–H and O–H groups in total. The average Bonchev–Trinajstić information content (AvgIpc) is 4.03. The molecular weight excluding hydrogens is 829 g/mol. The molecule has 62 heavy (non-hydrogen) atoms. The third-order valence-electron chi connectivity index (χ3n) is 13.7. The van der Waals surface area contributed by atoms with E-state index in [2.05, 4.69) is 64.1 Å². The second kappa shape index (κ2) is 12.2. The van der Waals surface area contributed by atoms with E-state index in [-0.39, 0.29) is 56.1 Å². The molecule has 0 saturated carbocycles. The van der Waals surface area contributed by atoms with E-state index in [1.165, 1.54) is 35.4 Å². The number of benzene rings is 4. The lowest BCUT2D eigenvalue weighted by Gasteiger charge is -2.33. The molecule has 4 nitrogen and oxygen atoms in total. The van der Waals surface area contributed by atoms with Crippen LogP contribution < -0.4 is 0 Å². The summed E-state index contributed by atoms with van der Waals surface area (Å²) in [6.45, 7) is 8.74. The van der Waals surface area contributed by atoms with Crippen LogP contribution in [-0.4, -0.2) is 23.1 Å². The van der Waals surface area contributed by atoms with Gasteiger partial charge in [-0.15, -0.1) is 22.7 Å². The standard InChI is InChI=1S/C52H30F4O4S2/c1-51(2)37-11-21-10-34-38(52(3,4)40-20-28(62-50(34)40)18-36-47(59)31-7-25-15-43(55)44(56)16-26(25)8-32(31)48(36)60)12-22(21)9-33(37)49-39(51)19-27(61-49)17-35-45(57)29-5-23-13-41(53)42(54)14-24(23)6-30(29)46(35)58/h5-22H,1-4H3. The van der Waals surface area contributed by atoms with Gasteiger partial charge in [0.15, 0.2) is 46.4 Å². The first-order valence-electron chi connectivity index (χ1n) is 20.1. The molecule has 0 saturated heterocycles. The molecule has 2 heterocycles. The van der Waals surface area contributed by atoms with Crippen molar-refractivity contribution in [2.45, 2.75) is 38.5 Å². The average molecular weight is 859 g/mol. The summed E-state index contributed by atoms with van der Waals surface area (Å²) in [7, 11) is 0. The largest absolute Gasteiger partial charge is 0.288 e. The molecular formula is C52H30F4O4S2. The van der Waals surface area contributed by atoms with Crippen molar-refractivity contribution in [3.63, 3.8) is 0 Å². The van der Waals surface area contributed by atoms with Crippen molar-refractivity contribution in [3.05, 3.63) is 183 Å². The van der Waals surface area contributed by atoms with Gasteiger partial charge in [-0.2, -0.15) is 0 Å². The number of carbonyl (C=O) groups excluding carboxylic acids is 4. The number of allylic oxidation sites excluding steroid dienone is 10. The first-order valence-corrected chi connectivity index (χ1v) is 21.8. The highest BCUT2D eigenvalue weighted by Crippen LogP contribution is 2.60. The van der Waals surface area contributed by atoms with Crippen molar-refractivity contribution in [1.82, 2.24) is 0 Å². The SMILES string of the molecule is CC1(C)C2=CC3C=C4C(=CC3C=C2c2sc(C=C3C(=O)c5cc6cc(F)c(F)cc6cc5C3=O)cc21)C(C)(C)c1cc(C=C2C(=O)c3cc5cc(F)c(F)cc5cc3C2=O)sc14. The molecule has 2 aromatic heterocycles. The van der Waals surface area contributed by atoms with Crippen LogP contribution in [0.3, 0.4) is 0 Å². The van der Waals surface area contributed by atoms with Crippen LogP contribution in [0.2, 0.25) is 0 Å². The predicted octanol–water partition coefficient (Wildman–Crippen LogP) is 12.8. The van der Waals surface area contributed by atoms with E-state index >= 15 is 0 Å². The van der Waals surface area contributed by atoms with Crippen LogP contribution in [0.4, 0.5) is 17.6 Å². The highest BCUT2D eigenvalue weighted by Gasteiger charge is 2.47. The van der Waals surface area contributed by atoms with Crippen molar-refractivity contribution >= 4 is 90.6 Å². The molecule has 0 spiro atoms. The Kier molecular flexibility index (Phi) is 7.34. The van der Waals surface area contributed by atoms with E-state index in [0.29, 0.717) is 21.5 Å². The van der Waals surface area contributed by atoms with Crippen LogP contribution >= 0.6 is 22.7 Å². The smallest absolute Gasteiger partial charge is 0.197 e. The van der Waals surface area contributed by atoms with E-state index in [0.717, 1.165) is 66.0 Å². The van der Waals surface area contributed by atoms with E-state index < -0.39 is 46.4 Å². The molecule has 0 bridgehead atoms. The normalized spacial score (nSPS) is 21.0. The third-order valence-corrected chi connectivity index (χ3v) is 15.9. The Morgan fingerprint density at radius 2 is 0.758 bits per heavy atom. The first kappa shape index (κ1) is 37.4. The second-order valence-corrected chi connectivity index (χ2v) is 20.1. The number of halogens is 4. The van der Waals surface area contributed by atoms with Crippen LogP contribution in [0.5, 0.6) is 0 Å². The van der Waals surface area contributed by atoms with Crippen molar-refractivity contribution in [3.8, 4) is 0 Å². The Hall–Kier alpha value is -6.36. The second-order valence-electron chi connectivity index (χ2n) is 18.0. The summed E-state index contributed by atoms with van der Waals surface area (Å²) in [5.41, 5.74) is 7.01. The summed E-state index contributed by atoms with van der Waals surface area (Å²) < 4.78 is 56.0. The lowest BCUT2D eigenvalue weighted by atomic mass is 9.70. The van der Waals surface area contributed by atoms with Crippen LogP contribution in [0, 0.1) is 35.1 Å². The molecule has 2 unspecified atom stereocenters. The van der Waals surface area contributed by atoms with E-state index in [1.807, 2.05) is 0 Å². The Labute approximate surface area is 359 Å². The number of rotatable bonds is 2. The number of fused-ring (bicyclic) bond motifs is 11. The molecule has 6 aliphatic carbocycles. The minimum atomic E-state index is -1.02. The summed E-state index contributed by atoms with van der Waals surface area (Å²) in [6, 6.07) is 14.1. The lowest BCUT2D eigenvalue weighted by molar-refractivity contribution is 0.0975. The topological polar surface area (TPSA) is 68.3 Å². The monoisotopic (exact) mass is 858 g/mol. The Morgan fingerprint density at radius 1 is 0.452 bits per heavy atom. The van der Waals surface area contributed by atoms with Gasteiger partial charge in [-0.25, -0.2) is 17.6 Å². The molecule has 0 aliphatic heterocycles. The van der Waals surface area contributed by atoms with Gasteiger partial charge in [0.1, 0.15) is 0 Å². The Bertz CT molecular complexity index is 3130. The van der Waals surface area contributed by atoms with Gasteiger partial charge in [-0.1, -0.05) is 52.0 Å². The highest BCUT2D eigenvalue weighted by molar-refractivity contribution is 7.15. The third kappa shape index (κ3) is 4.93. The van der Waals surface area contributed by atoms with Crippen molar-refractivity contribution in [2.75, 3.05) is 0 Å². The Morgan fingerprint density at radius 3 is 1.06 bits per heavy atom. The van der Waals surface area contributed by atoms with Crippen LogP contribution in [0.25, 0.3) is 44.8 Å². The number of hydrogen-bond acceptors (Lipinski definition) is 6. The van der Waals surface area contributed by atoms with E-state index in [9.17, 15) is 36.7 Å². The summed E-state index contributed by atoms with van der Waals surface area (Å²) in [5, 5.41) is 1.39. The van der Waals surface area contributed by atoms with Crippen LogP contribution in [0.1, 0.15) is 99.8 Å². The molecule has 6 aromatic rings. The first-order chi connectivity index (χ1) is 29.5. The molecule has 6 aliphatic rings. The number of carbonyl (C=O) groups is 4. The fourth-order valence-electron chi connectivity index (χ4n) is 10.4. The maximum absolute atomic E-state index is 14.0. The predicted molar refractivity (Wildman–Crippen MR) is 235 cm³/mol. The van der Waals surface area contributed by atoms with Gasteiger partial charge in [-0.3, -0.25) is 19.2 Å². The van der Waals surface area contributed by atoms with Gasteiger partial charge in [-0.05, 0) is 128 Å². The minimum Gasteiger partial charge on any atom is -0.288 e. The van der Waals surface area contributed by atoms with Gasteiger partial charge in [0.05, 0.1) is 11.1 Å². The number of ketones is 4. The van der Waals surface area contributed by atoms with Crippen LogP contribution in [0.15, 0.2) is 107 Å². The number of thiophene rings is 2. The summed E-state index contributed by atoms with van der Waals surface area (Å²) in [6.07, 6.45) is 12.7. The molecule has 10 heteroatoms. The van der Waals surface area contributed by atoms with Gasteiger partial charge in [0.2, 0.25) is 0 Å². The Balaban J connectivity index is 0.857. The fourth-order valence-corrected chi connectivity index (χ4v) is 13.0. The van der Waals surface area contributed by atoms with Crippen molar-refractivity contribution < 1.29 is 36.7 Å². The molecule has 0 amide bonds. The maximum atomic E-state index is 14.0. The molecule has 0 fully saturated rings. The van der Waals surface area contributed by atoms with Crippen molar-refractivity contribution in [1.29, 1.82) is 0 Å². The summed E-state index contributed by atoms with van der Waals surface area (Å²) >= 11 is 3.08. The molecule has 12 rings (SSSR count). The van der Waals surface area contributed by atoms with Crippen molar-refractivity contribution in [2.24, 2.45) is 11.8 Å². The quantitative estimate of drug-likeness (QED) is 0.0988. The van der Waals surface area contributed by atoms with Gasteiger partial charge < -0.3 is 0 Å². The fraction of sp³-hybridized carbons (Fsp3) is 0.154. The van der Waals surface area contributed by atoms with Crippen LogP contribution in [-0.2, 0) is 10.8 Å². The van der Waals surface area contributed by atoms with Gasteiger partial charge in [0.25, 0.3) is 0 Å². The zero-order valence-corrected chi connectivity index (χ0v) is 35.0. The molecule has 0 radical (unpaired) electrons. The van der Waals surface area contributed by atoms with E-state index in [1.54, 1.807) is 34.8 Å². The summed E-state index contributed by atoms with van der Waals surface area (Å²) in [5.74, 6) is -5.66. The van der Waals surface area contributed by atoms with Gasteiger partial charge >= 0.3 is 0 Å². The lowest BCUT2D eigenvalue weighted by Crippen LogP contribution is -2.24. The molecule has 4 aromatic carbocycles. The minimum absolute atomic E-state index is 0.0308.